The minimum atomic E-state index is -0.310. The highest BCUT2D eigenvalue weighted by atomic mass is 79.9. The molecule has 0 aliphatic carbocycles. The Kier molecular flexibility index (Phi) is 4.97. The van der Waals surface area contributed by atoms with Crippen LogP contribution in [0.1, 0.15) is 24.1 Å². The van der Waals surface area contributed by atoms with E-state index in [9.17, 15) is 4.39 Å². The summed E-state index contributed by atoms with van der Waals surface area (Å²) in [5.41, 5.74) is 2.09. The van der Waals surface area contributed by atoms with Crippen molar-refractivity contribution < 1.29 is 4.39 Å². The number of hydrogen-bond donors (Lipinski definition) is 1. The lowest BCUT2D eigenvalue weighted by atomic mass is 10.1. The van der Waals surface area contributed by atoms with E-state index < -0.39 is 0 Å². The van der Waals surface area contributed by atoms with Gasteiger partial charge in [0.2, 0.25) is 0 Å². The van der Waals surface area contributed by atoms with Crippen molar-refractivity contribution in [3.05, 3.63) is 68.9 Å². The molecule has 0 aromatic heterocycles. The van der Waals surface area contributed by atoms with Gasteiger partial charge in [-0.2, -0.15) is 0 Å². The summed E-state index contributed by atoms with van der Waals surface area (Å²) < 4.78 is 14.0. The first-order valence-electron chi connectivity index (χ1n) is 5.99. The van der Waals surface area contributed by atoms with Gasteiger partial charge in [-0.25, -0.2) is 4.39 Å². The minimum absolute atomic E-state index is 0.203. The topological polar surface area (TPSA) is 12.0 Å². The number of benzene rings is 2. The van der Waals surface area contributed by atoms with E-state index >= 15 is 0 Å². The van der Waals surface area contributed by atoms with E-state index in [1.54, 1.807) is 6.07 Å². The predicted molar refractivity (Wildman–Crippen MR) is 80.8 cm³/mol. The SMILES string of the molecule is CC(NCc1ccc(F)cc1Cl)c1ccc(Br)cc1. The van der Waals surface area contributed by atoms with Gasteiger partial charge in [-0.3, -0.25) is 0 Å². The fourth-order valence-electron chi connectivity index (χ4n) is 1.80. The Bertz CT molecular complexity index is 557. The smallest absolute Gasteiger partial charge is 0.124 e. The molecule has 0 heterocycles. The summed E-state index contributed by atoms with van der Waals surface area (Å²) in [6.45, 7) is 2.69. The molecule has 1 nitrogen and oxygen atoms in total. The molecule has 2 rings (SSSR count). The van der Waals surface area contributed by atoms with Gasteiger partial charge in [-0.1, -0.05) is 45.7 Å². The first kappa shape index (κ1) is 14.5. The quantitative estimate of drug-likeness (QED) is 0.816. The summed E-state index contributed by atoms with van der Waals surface area (Å²) in [7, 11) is 0. The van der Waals surface area contributed by atoms with Crippen LogP contribution in [0, 0.1) is 5.82 Å². The second kappa shape index (κ2) is 6.51. The summed E-state index contributed by atoms with van der Waals surface area (Å²) in [5.74, 6) is -0.310. The van der Waals surface area contributed by atoms with Crippen LogP contribution in [0.5, 0.6) is 0 Å². The summed E-state index contributed by atoms with van der Waals surface area (Å²) >= 11 is 9.41. The number of hydrogen-bond acceptors (Lipinski definition) is 1. The monoisotopic (exact) mass is 341 g/mol. The fraction of sp³-hybridized carbons (Fsp3) is 0.200. The first-order chi connectivity index (χ1) is 9.06. The summed E-state index contributed by atoms with van der Waals surface area (Å²) in [6.07, 6.45) is 0. The van der Waals surface area contributed by atoms with Crippen molar-refractivity contribution in [2.45, 2.75) is 19.5 Å². The molecule has 0 saturated carbocycles. The largest absolute Gasteiger partial charge is 0.306 e. The number of nitrogens with one attached hydrogen (secondary N) is 1. The van der Waals surface area contributed by atoms with E-state index in [1.807, 2.05) is 12.1 Å². The van der Waals surface area contributed by atoms with Crippen LogP contribution in [-0.2, 0) is 6.54 Å². The van der Waals surface area contributed by atoms with Crippen molar-refractivity contribution in [1.29, 1.82) is 0 Å². The van der Waals surface area contributed by atoms with Gasteiger partial charge in [0.05, 0.1) is 0 Å². The van der Waals surface area contributed by atoms with Crippen molar-refractivity contribution in [3.8, 4) is 0 Å². The molecule has 0 saturated heterocycles. The van der Waals surface area contributed by atoms with Crippen LogP contribution in [0.25, 0.3) is 0 Å². The van der Waals surface area contributed by atoms with Crippen LogP contribution >= 0.6 is 27.5 Å². The van der Waals surface area contributed by atoms with E-state index in [4.69, 9.17) is 11.6 Å². The zero-order valence-corrected chi connectivity index (χ0v) is 12.8. The van der Waals surface area contributed by atoms with Gasteiger partial charge in [-0.15, -0.1) is 0 Å². The highest BCUT2D eigenvalue weighted by molar-refractivity contribution is 9.10. The highest BCUT2D eigenvalue weighted by Gasteiger charge is 2.07. The molecule has 1 N–H and O–H groups in total. The Balaban J connectivity index is 2.00. The van der Waals surface area contributed by atoms with Crippen LogP contribution in [0.3, 0.4) is 0 Å². The molecule has 100 valence electrons. The molecule has 1 atom stereocenters. The second-order valence-electron chi connectivity index (χ2n) is 4.39. The molecule has 0 fully saturated rings. The van der Waals surface area contributed by atoms with Gasteiger partial charge in [0.1, 0.15) is 5.82 Å². The third-order valence-electron chi connectivity index (χ3n) is 2.98. The second-order valence-corrected chi connectivity index (χ2v) is 5.71. The average molecular weight is 343 g/mol. The van der Waals surface area contributed by atoms with E-state index in [0.29, 0.717) is 11.6 Å². The van der Waals surface area contributed by atoms with E-state index in [0.717, 1.165) is 10.0 Å². The van der Waals surface area contributed by atoms with Crippen LogP contribution < -0.4 is 5.32 Å². The number of halogens is 3. The highest BCUT2D eigenvalue weighted by Crippen LogP contribution is 2.20. The molecule has 0 radical (unpaired) electrons. The van der Waals surface area contributed by atoms with Crippen LogP contribution in [-0.4, -0.2) is 0 Å². The third kappa shape index (κ3) is 4.03. The zero-order chi connectivity index (χ0) is 13.8. The van der Waals surface area contributed by atoms with E-state index in [-0.39, 0.29) is 11.9 Å². The van der Waals surface area contributed by atoms with Gasteiger partial charge < -0.3 is 5.32 Å². The minimum Gasteiger partial charge on any atom is -0.306 e. The van der Waals surface area contributed by atoms with Crippen molar-refractivity contribution in [3.63, 3.8) is 0 Å². The predicted octanol–water partition coefficient (Wildman–Crippen LogP) is 5.09. The Hall–Kier alpha value is -0.900. The van der Waals surface area contributed by atoms with Crippen molar-refractivity contribution >= 4 is 27.5 Å². The zero-order valence-electron chi connectivity index (χ0n) is 10.5. The molecular formula is C15H14BrClFN. The maximum Gasteiger partial charge on any atom is 0.124 e. The van der Waals surface area contributed by atoms with Gasteiger partial charge in [0, 0.05) is 22.1 Å². The Labute approximate surface area is 125 Å². The molecule has 2 aromatic carbocycles. The molecule has 4 heteroatoms. The summed E-state index contributed by atoms with van der Waals surface area (Å²) in [6, 6.07) is 12.8. The summed E-state index contributed by atoms with van der Waals surface area (Å²) in [4.78, 5) is 0. The van der Waals surface area contributed by atoms with Gasteiger partial charge in [-0.05, 0) is 42.3 Å². The Morgan fingerprint density at radius 2 is 1.89 bits per heavy atom. The third-order valence-corrected chi connectivity index (χ3v) is 3.86. The molecule has 0 aliphatic heterocycles. The molecular weight excluding hydrogens is 329 g/mol. The standard InChI is InChI=1S/C15H14BrClFN/c1-10(11-2-5-13(16)6-3-11)19-9-12-4-7-14(18)8-15(12)17/h2-8,10,19H,9H2,1H3. The van der Waals surface area contributed by atoms with Gasteiger partial charge >= 0.3 is 0 Å². The maximum absolute atomic E-state index is 12.9. The van der Waals surface area contributed by atoms with Crippen molar-refractivity contribution in [2.75, 3.05) is 0 Å². The maximum atomic E-state index is 12.9. The molecule has 2 aromatic rings. The molecule has 19 heavy (non-hydrogen) atoms. The van der Waals surface area contributed by atoms with Gasteiger partial charge in [0.15, 0.2) is 0 Å². The first-order valence-corrected chi connectivity index (χ1v) is 7.16. The fourth-order valence-corrected chi connectivity index (χ4v) is 2.30. The van der Waals surface area contributed by atoms with Crippen molar-refractivity contribution in [1.82, 2.24) is 5.32 Å². The molecule has 0 bridgehead atoms. The van der Waals surface area contributed by atoms with Gasteiger partial charge in [0.25, 0.3) is 0 Å². The van der Waals surface area contributed by atoms with Crippen molar-refractivity contribution in [2.24, 2.45) is 0 Å². The lowest BCUT2D eigenvalue weighted by Crippen LogP contribution is -2.18. The Morgan fingerprint density at radius 3 is 2.53 bits per heavy atom. The normalized spacial score (nSPS) is 12.4. The molecule has 0 amide bonds. The van der Waals surface area contributed by atoms with Crippen LogP contribution in [0.2, 0.25) is 5.02 Å². The molecule has 0 spiro atoms. The van der Waals surface area contributed by atoms with Crippen LogP contribution in [0.4, 0.5) is 4.39 Å². The summed E-state index contributed by atoms with van der Waals surface area (Å²) in [5, 5.41) is 3.83. The average Bonchev–Trinajstić information content (AvgIpc) is 2.38. The molecule has 1 unspecified atom stereocenters. The van der Waals surface area contributed by atoms with E-state index in [2.05, 4.69) is 40.3 Å². The van der Waals surface area contributed by atoms with Crippen LogP contribution in [0.15, 0.2) is 46.9 Å². The lowest BCUT2D eigenvalue weighted by molar-refractivity contribution is 0.573. The molecule has 0 aliphatic rings. The van der Waals surface area contributed by atoms with E-state index in [1.165, 1.54) is 17.7 Å². The number of rotatable bonds is 4. The lowest BCUT2D eigenvalue weighted by Gasteiger charge is -2.15. The Morgan fingerprint density at radius 1 is 1.21 bits per heavy atom.